The maximum Gasteiger partial charge on any atom is 0.573 e. The molecule has 0 N–H and O–H groups in total. The van der Waals surface area contributed by atoms with Crippen LogP contribution < -0.4 is 19.8 Å². The molecule has 0 saturated carbocycles. The van der Waals surface area contributed by atoms with Gasteiger partial charge in [0.25, 0.3) is 5.56 Å². The quantitative estimate of drug-likeness (QED) is 0.396. The number of benzene rings is 2. The molecule has 4 rings (SSSR count). The fourth-order valence-corrected chi connectivity index (χ4v) is 4.19. The molecule has 10 heteroatoms. The molecule has 0 radical (unpaired) electrons. The molecule has 0 aliphatic carbocycles. The minimum absolute atomic E-state index is 0.133. The number of aryl methyl sites for hydroxylation is 1. The number of pyridine rings is 1. The SMILES string of the molecule is COCCOC.COc1cc2c(cc1-c1ccc(OC(F)(F)F)cc1)CCn1c-2c(C)c(OC)cc1=O. The second-order valence-electron chi connectivity index (χ2n) is 8.19. The van der Waals surface area contributed by atoms with Crippen molar-refractivity contribution in [1.82, 2.24) is 4.57 Å². The highest BCUT2D eigenvalue weighted by Crippen LogP contribution is 2.41. The van der Waals surface area contributed by atoms with Crippen LogP contribution in [0, 0.1) is 6.92 Å². The Hall–Kier alpha value is -3.50. The molecule has 3 aromatic rings. The fraction of sp³-hybridized carbons (Fsp3) is 0.370. The minimum Gasteiger partial charge on any atom is -0.496 e. The van der Waals surface area contributed by atoms with E-state index in [1.807, 2.05) is 19.1 Å². The highest BCUT2D eigenvalue weighted by Gasteiger charge is 2.31. The normalized spacial score (nSPS) is 12.1. The van der Waals surface area contributed by atoms with E-state index < -0.39 is 6.36 Å². The summed E-state index contributed by atoms with van der Waals surface area (Å²) in [5.41, 5.74) is 4.83. The van der Waals surface area contributed by atoms with E-state index in [1.165, 1.54) is 32.4 Å². The lowest BCUT2D eigenvalue weighted by Gasteiger charge is -2.26. The lowest BCUT2D eigenvalue weighted by Crippen LogP contribution is -2.26. The predicted octanol–water partition coefficient (Wildman–Crippen LogP) is 5.24. The molecule has 2 aromatic carbocycles. The summed E-state index contributed by atoms with van der Waals surface area (Å²) in [6, 6.07) is 11.0. The molecule has 1 aromatic heterocycles. The summed E-state index contributed by atoms with van der Waals surface area (Å²) in [4.78, 5) is 12.5. The Bertz CT molecular complexity index is 1270. The van der Waals surface area contributed by atoms with E-state index in [1.54, 1.807) is 30.9 Å². The first-order chi connectivity index (χ1) is 17.6. The Labute approximate surface area is 213 Å². The van der Waals surface area contributed by atoms with Crippen molar-refractivity contribution in [3.05, 3.63) is 63.9 Å². The van der Waals surface area contributed by atoms with Gasteiger partial charge in [0.05, 0.1) is 33.1 Å². The minimum atomic E-state index is -4.74. The molecule has 1 aliphatic rings. The van der Waals surface area contributed by atoms with Crippen LogP contribution in [0.1, 0.15) is 11.1 Å². The van der Waals surface area contributed by atoms with Crippen molar-refractivity contribution < 1.29 is 36.9 Å². The number of methoxy groups -OCH3 is 4. The van der Waals surface area contributed by atoms with Gasteiger partial charge in [0.15, 0.2) is 0 Å². The average Bonchev–Trinajstić information content (AvgIpc) is 2.88. The Kier molecular flexibility index (Phi) is 9.23. The van der Waals surface area contributed by atoms with Crippen LogP contribution >= 0.6 is 0 Å². The average molecular weight is 522 g/mol. The van der Waals surface area contributed by atoms with Gasteiger partial charge < -0.3 is 28.3 Å². The fourth-order valence-electron chi connectivity index (χ4n) is 4.19. The number of alkyl halides is 3. The lowest BCUT2D eigenvalue weighted by molar-refractivity contribution is -0.274. The van der Waals surface area contributed by atoms with Crippen molar-refractivity contribution in [2.75, 3.05) is 41.7 Å². The molecular weight excluding hydrogens is 491 g/mol. The predicted molar refractivity (Wildman–Crippen MR) is 134 cm³/mol. The van der Waals surface area contributed by atoms with Gasteiger partial charge in [-0.25, -0.2) is 0 Å². The van der Waals surface area contributed by atoms with Crippen molar-refractivity contribution in [3.8, 4) is 39.6 Å². The number of hydrogen-bond donors (Lipinski definition) is 0. The third kappa shape index (κ3) is 6.64. The topological polar surface area (TPSA) is 68.2 Å². The van der Waals surface area contributed by atoms with Crippen molar-refractivity contribution in [2.45, 2.75) is 26.3 Å². The summed E-state index contributed by atoms with van der Waals surface area (Å²) in [5.74, 6) is 0.781. The van der Waals surface area contributed by atoms with E-state index in [0.717, 1.165) is 27.9 Å². The van der Waals surface area contributed by atoms with Crippen LogP contribution in [-0.2, 0) is 22.4 Å². The van der Waals surface area contributed by atoms with Gasteiger partial charge in [-0.1, -0.05) is 12.1 Å². The summed E-state index contributed by atoms with van der Waals surface area (Å²) >= 11 is 0. The highest BCUT2D eigenvalue weighted by atomic mass is 19.4. The Morgan fingerprint density at radius 1 is 0.865 bits per heavy atom. The lowest BCUT2D eigenvalue weighted by atomic mass is 9.90. The van der Waals surface area contributed by atoms with Gasteiger partial charge in [0.1, 0.15) is 17.2 Å². The standard InChI is InChI=1S/C23H20F3NO4.C4H10O2/c1-13-19(29-2)12-21(28)27-9-8-15-10-17(20(30-3)11-18(15)22(13)27)14-4-6-16(7-5-14)31-23(24,25)26;1-5-3-4-6-2/h4-7,10-12H,8-9H2,1-3H3;3-4H2,1-2H3. The van der Waals surface area contributed by atoms with E-state index in [0.29, 0.717) is 43.2 Å². The zero-order valence-electron chi connectivity index (χ0n) is 21.4. The summed E-state index contributed by atoms with van der Waals surface area (Å²) in [5, 5.41) is 0. The molecule has 1 aliphatic heterocycles. The second kappa shape index (κ2) is 12.2. The first-order valence-corrected chi connectivity index (χ1v) is 11.5. The van der Waals surface area contributed by atoms with E-state index in [4.69, 9.17) is 9.47 Å². The summed E-state index contributed by atoms with van der Waals surface area (Å²) in [7, 11) is 6.36. The van der Waals surface area contributed by atoms with Gasteiger partial charge in [-0.05, 0) is 48.7 Å². The zero-order chi connectivity index (χ0) is 27.2. The Balaban J connectivity index is 0.000000568. The molecule has 0 amide bonds. The molecule has 200 valence electrons. The summed E-state index contributed by atoms with van der Waals surface area (Å²) in [6.07, 6.45) is -4.10. The molecule has 0 bridgehead atoms. The van der Waals surface area contributed by atoms with Crippen molar-refractivity contribution in [1.29, 1.82) is 0 Å². The van der Waals surface area contributed by atoms with Gasteiger partial charge in [-0.2, -0.15) is 0 Å². The van der Waals surface area contributed by atoms with E-state index in [-0.39, 0.29) is 11.3 Å². The number of nitrogens with zero attached hydrogens (tertiary/aromatic N) is 1. The van der Waals surface area contributed by atoms with Crippen LogP contribution in [0.4, 0.5) is 13.2 Å². The molecule has 0 unspecified atom stereocenters. The van der Waals surface area contributed by atoms with Gasteiger partial charge in [0.2, 0.25) is 0 Å². The first-order valence-electron chi connectivity index (χ1n) is 11.5. The molecule has 7 nitrogen and oxygen atoms in total. The molecule has 2 heterocycles. The number of aromatic nitrogens is 1. The van der Waals surface area contributed by atoms with Crippen LogP contribution in [0.15, 0.2) is 47.3 Å². The maximum absolute atomic E-state index is 12.5. The molecule has 0 fully saturated rings. The van der Waals surface area contributed by atoms with Crippen LogP contribution in [0.25, 0.3) is 22.4 Å². The van der Waals surface area contributed by atoms with Crippen LogP contribution in [0.2, 0.25) is 0 Å². The smallest absolute Gasteiger partial charge is 0.496 e. The van der Waals surface area contributed by atoms with E-state index in [2.05, 4.69) is 14.2 Å². The van der Waals surface area contributed by atoms with Crippen molar-refractivity contribution in [2.24, 2.45) is 0 Å². The number of fused-ring (bicyclic) bond motifs is 3. The van der Waals surface area contributed by atoms with Crippen molar-refractivity contribution in [3.63, 3.8) is 0 Å². The largest absolute Gasteiger partial charge is 0.573 e. The first kappa shape index (κ1) is 28.1. The number of hydrogen-bond acceptors (Lipinski definition) is 6. The molecule has 0 atom stereocenters. The Morgan fingerprint density at radius 3 is 2.03 bits per heavy atom. The van der Waals surface area contributed by atoms with Crippen LogP contribution in [0.5, 0.6) is 17.2 Å². The van der Waals surface area contributed by atoms with Crippen LogP contribution in [0.3, 0.4) is 0 Å². The van der Waals surface area contributed by atoms with Crippen molar-refractivity contribution >= 4 is 0 Å². The molecular formula is C27H30F3NO6. The zero-order valence-corrected chi connectivity index (χ0v) is 21.4. The summed E-state index contributed by atoms with van der Waals surface area (Å²) < 4.78 is 63.2. The Morgan fingerprint density at radius 2 is 1.49 bits per heavy atom. The maximum atomic E-state index is 12.5. The highest BCUT2D eigenvalue weighted by molar-refractivity contribution is 5.80. The van der Waals surface area contributed by atoms with Gasteiger partial charge in [-0.3, -0.25) is 4.79 Å². The summed E-state index contributed by atoms with van der Waals surface area (Å²) in [6.45, 7) is 3.81. The molecule has 37 heavy (non-hydrogen) atoms. The van der Waals surface area contributed by atoms with Gasteiger partial charge in [-0.15, -0.1) is 13.2 Å². The monoisotopic (exact) mass is 521 g/mol. The number of ether oxygens (including phenoxy) is 5. The molecule has 0 saturated heterocycles. The van der Waals surface area contributed by atoms with E-state index >= 15 is 0 Å². The third-order valence-electron chi connectivity index (χ3n) is 5.91. The van der Waals surface area contributed by atoms with E-state index in [9.17, 15) is 18.0 Å². The second-order valence-corrected chi connectivity index (χ2v) is 8.19. The number of rotatable bonds is 7. The molecule has 0 spiro atoms. The number of halogens is 3. The third-order valence-corrected chi connectivity index (χ3v) is 5.91. The van der Waals surface area contributed by atoms with Crippen LogP contribution in [-0.4, -0.2) is 52.6 Å². The van der Waals surface area contributed by atoms with Gasteiger partial charge in [0, 0.05) is 43.5 Å². The van der Waals surface area contributed by atoms with Gasteiger partial charge >= 0.3 is 6.36 Å².